The molecule has 1 aliphatic heterocycles. The number of aliphatic hydroxyl groups is 1. The van der Waals surface area contributed by atoms with Gasteiger partial charge in [-0.05, 0) is 6.42 Å². The van der Waals surface area contributed by atoms with Crippen molar-refractivity contribution >= 4 is 5.91 Å². The maximum atomic E-state index is 11.5. The minimum absolute atomic E-state index is 0.0378. The van der Waals surface area contributed by atoms with Crippen molar-refractivity contribution in [3.63, 3.8) is 0 Å². The lowest BCUT2D eigenvalue weighted by molar-refractivity contribution is -0.127. The van der Waals surface area contributed by atoms with Gasteiger partial charge in [-0.3, -0.25) is 4.79 Å². The second kappa shape index (κ2) is 5.03. The highest BCUT2D eigenvalue weighted by Gasteiger charge is 2.30. The van der Waals surface area contributed by atoms with E-state index in [4.69, 9.17) is 0 Å². The molecule has 0 aromatic carbocycles. The van der Waals surface area contributed by atoms with E-state index in [1.807, 2.05) is 4.90 Å². The highest BCUT2D eigenvalue weighted by molar-refractivity contribution is 5.79. The smallest absolute Gasteiger partial charge is 0.223 e. The van der Waals surface area contributed by atoms with Gasteiger partial charge in [-0.15, -0.1) is 0 Å². The molecule has 1 unspecified atom stereocenters. The van der Waals surface area contributed by atoms with Crippen LogP contribution < -0.4 is 0 Å². The van der Waals surface area contributed by atoms with E-state index >= 15 is 0 Å². The minimum atomic E-state index is -0.0378. The van der Waals surface area contributed by atoms with Crippen LogP contribution in [0, 0.1) is 5.92 Å². The Balaban J connectivity index is 2.33. The molecule has 14 heavy (non-hydrogen) atoms. The molecule has 1 heterocycles. The van der Waals surface area contributed by atoms with Crippen LogP contribution in [0.25, 0.3) is 0 Å². The van der Waals surface area contributed by atoms with Gasteiger partial charge in [-0.25, -0.2) is 0 Å². The Morgan fingerprint density at radius 1 is 1.64 bits per heavy atom. The van der Waals surface area contributed by atoms with Crippen molar-refractivity contribution in [1.29, 1.82) is 0 Å². The van der Waals surface area contributed by atoms with Gasteiger partial charge >= 0.3 is 0 Å². The summed E-state index contributed by atoms with van der Waals surface area (Å²) < 4.78 is 0. The Morgan fingerprint density at radius 2 is 2.36 bits per heavy atom. The zero-order valence-corrected chi connectivity index (χ0v) is 8.83. The molecule has 0 bridgehead atoms. The summed E-state index contributed by atoms with van der Waals surface area (Å²) in [5, 5.41) is 9.19. The molecular weight excluding hydrogens is 178 g/mol. The second-order valence-electron chi connectivity index (χ2n) is 3.94. The van der Waals surface area contributed by atoms with Gasteiger partial charge in [0.1, 0.15) is 0 Å². The van der Waals surface area contributed by atoms with Gasteiger partial charge < -0.3 is 10.0 Å². The van der Waals surface area contributed by atoms with E-state index in [0.717, 1.165) is 25.8 Å². The number of amides is 1. The van der Waals surface area contributed by atoms with Gasteiger partial charge in [0.05, 0.1) is 5.76 Å². The molecule has 0 saturated carbocycles. The van der Waals surface area contributed by atoms with Gasteiger partial charge in [0, 0.05) is 25.4 Å². The third-order valence-electron chi connectivity index (χ3n) is 2.72. The van der Waals surface area contributed by atoms with Crippen molar-refractivity contribution in [2.75, 3.05) is 13.1 Å². The first-order valence-corrected chi connectivity index (χ1v) is 5.30. The summed E-state index contributed by atoms with van der Waals surface area (Å²) in [4.78, 5) is 13.3. The maximum absolute atomic E-state index is 11.5. The SMILES string of the molecule is C=C(O)C1CC(=O)N(CCCCC)C1. The molecule has 1 aliphatic rings. The molecule has 1 rings (SSSR count). The normalized spacial score (nSPS) is 21.6. The average molecular weight is 197 g/mol. The summed E-state index contributed by atoms with van der Waals surface area (Å²) in [6.45, 7) is 7.10. The molecule has 1 saturated heterocycles. The van der Waals surface area contributed by atoms with Crippen LogP contribution in [0.1, 0.15) is 32.6 Å². The summed E-state index contributed by atoms with van der Waals surface area (Å²) in [5.41, 5.74) is 0. The first-order chi connectivity index (χ1) is 6.65. The van der Waals surface area contributed by atoms with Crippen molar-refractivity contribution in [2.45, 2.75) is 32.6 Å². The van der Waals surface area contributed by atoms with Crippen LogP contribution in [-0.4, -0.2) is 29.0 Å². The van der Waals surface area contributed by atoms with Gasteiger partial charge in [0.2, 0.25) is 5.91 Å². The van der Waals surface area contributed by atoms with E-state index in [9.17, 15) is 9.90 Å². The van der Waals surface area contributed by atoms with Gasteiger partial charge in [-0.2, -0.15) is 0 Å². The molecule has 1 N–H and O–H groups in total. The fourth-order valence-electron chi connectivity index (χ4n) is 1.76. The summed E-state index contributed by atoms with van der Waals surface area (Å²) in [5.74, 6) is 0.266. The number of hydrogen-bond acceptors (Lipinski definition) is 2. The van der Waals surface area contributed by atoms with Crippen LogP contribution in [0.15, 0.2) is 12.3 Å². The highest BCUT2D eigenvalue weighted by Crippen LogP contribution is 2.22. The molecule has 0 radical (unpaired) electrons. The van der Waals surface area contributed by atoms with E-state index in [2.05, 4.69) is 13.5 Å². The lowest BCUT2D eigenvalue weighted by Gasteiger charge is -2.15. The molecule has 3 nitrogen and oxygen atoms in total. The van der Waals surface area contributed by atoms with E-state index in [-0.39, 0.29) is 17.6 Å². The molecule has 0 spiro atoms. The van der Waals surface area contributed by atoms with Crippen LogP contribution in [0.4, 0.5) is 0 Å². The summed E-state index contributed by atoms with van der Waals surface area (Å²) in [6.07, 6.45) is 3.82. The quantitative estimate of drug-likeness (QED) is 0.541. The Morgan fingerprint density at radius 3 is 2.86 bits per heavy atom. The Hall–Kier alpha value is -0.990. The predicted octanol–water partition coefficient (Wildman–Crippen LogP) is 2.10. The molecule has 1 amide bonds. The van der Waals surface area contributed by atoms with Crippen LogP contribution in [-0.2, 0) is 4.79 Å². The molecule has 0 aromatic rings. The zero-order valence-electron chi connectivity index (χ0n) is 8.83. The first kappa shape index (κ1) is 11.1. The Bertz CT molecular complexity index is 225. The molecule has 3 heteroatoms. The largest absolute Gasteiger partial charge is 0.513 e. The van der Waals surface area contributed by atoms with Crippen molar-refractivity contribution in [2.24, 2.45) is 5.92 Å². The van der Waals surface area contributed by atoms with E-state index < -0.39 is 0 Å². The van der Waals surface area contributed by atoms with Crippen molar-refractivity contribution in [3.8, 4) is 0 Å². The molecule has 1 atom stereocenters. The molecular formula is C11H19NO2. The van der Waals surface area contributed by atoms with Gasteiger partial charge in [-0.1, -0.05) is 26.3 Å². The number of unbranched alkanes of at least 4 members (excludes halogenated alkanes) is 2. The third kappa shape index (κ3) is 2.76. The van der Waals surface area contributed by atoms with Gasteiger partial charge in [0.15, 0.2) is 0 Å². The number of rotatable bonds is 5. The maximum Gasteiger partial charge on any atom is 0.223 e. The monoisotopic (exact) mass is 197 g/mol. The van der Waals surface area contributed by atoms with Crippen molar-refractivity contribution < 1.29 is 9.90 Å². The van der Waals surface area contributed by atoms with Crippen LogP contribution in [0.3, 0.4) is 0 Å². The third-order valence-corrected chi connectivity index (χ3v) is 2.72. The second-order valence-corrected chi connectivity index (χ2v) is 3.94. The Labute approximate surface area is 85.4 Å². The minimum Gasteiger partial charge on any atom is -0.513 e. The summed E-state index contributed by atoms with van der Waals surface area (Å²) in [6, 6.07) is 0. The standard InChI is InChI=1S/C11H19NO2/c1-3-4-5-6-12-8-10(9(2)13)7-11(12)14/h10,13H,2-8H2,1H3. The van der Waals surface area contributed by atoms with Crippen molar-refractivity contribution in [1.82, 2.24) is 4.90 Å². The van der Waals surface area contributed by atoms with Crippen LogP contribution in [0.5, 0.6) is 0 Å². The molecule has 80 valence electrons. The van der Waals surface area contributed by atoms with E-state index in [0.29, 0.717) is 13.0 Å². The summed E-state index contributed by atoms with van der Waals surface area (Å²) in [7, 11) is 0. The zero-order chi connectivity index (χ0) is 10.6. The van der Waals surface area contributed by atoms with Gasteiger partial charge in [0.25, 0.3) is 0 Å². The van der Waals surface area contributed by atoms with E-state index in [1.54, 1.807) is 0 Å². The number of carbonyl (C=O) groups excluding carboxylic acids is 1. The topological polar surface area (TPSA) is 40.5 Å². The lowest BCUT2D eigenvalue weighted by atomic mass is 10.1. The predicted molar refractivity (Wildman–Crippen MR) is 56.0 cm³/mol. The lowest BCUT2D eigenvalue weighted by Crippen LogP contribution is -2.26. The molecule has 0 aliphatic carbocycles. The Kier molecular flexibility index (Phi) is 3.98. The van der Waals surface area contributed by atoms with Crippen molar-refractivity contribution in [3.05, 3.63) is 12.3 Å². The van der Waals surface area contributed by atoms with Crippen LogP contribution >= 0.6 is 0 Å². The highest BCUT2D eigenvalue weighted by atomic mass is 16.3. The fraction of sp³-hybridized carbons (Fsp3) is 0.727. The molecule has 0 aromatic heterocycles. The number of likely N-dealkylation sites (tertiary alicyclic amines) is 1. The number of aliphatic hydroxyl groups excluding tert-OH is 1. The number of carbonyl (C=O) groups is 1. The molecule has 1 fully saturated rings. The van der Waals surface area contributed by atoms with Crippen LogP contribution in [0.2, 0.25) is 0 Å². The van der Waals surface area contributed by atoms with E-state index in [1.165, 1.54) is 0 Å². The fourth-order valence-corrected chi connectivity index (χ4v) is 1.76. The first-order valence-electron chi connectivity index (χ1n) is 5.30. The number of nitrogens with zero attached hydrogens (tertiary/aromatic N) is 1. The number of hydrogen-bond donors (Lipinski definition) is 1. The average Bonchev–Trinajstić information content (AvgIpc) is 2.49. The summed E-state index contributed by atoms with van der Waals surface area (Å²) >= 11 is 0.